The molecule has 1 heterocycles. The Morgan fingerprint density at radius 2 is 2.24 bits per heavy atom. The van der Waals surface area contributed by atoms with Crippen LogP contribution in [-0.4, -0.2) is 14.6 Å². The molecular formula is C13H20Br2N2. The second-order valence-corrected chi connectivity index (χ2v) is 7.60. The molecule has 0 amide bonds. The maximum absolute atomic E-state index is 4.58. The van der Waals surface area contributed by atoms with E-state index < -0.39 is 0 Å². The van der Waals surface area contributed by atoms with Crippen molar-refractivity contribution in [2.24, 2.45) is 12.5 Å². The van der Waals surface area contributed by atoms with Gasteiger partial charge in [-0.25, -0.2) is 0 Å². The van der Waals surface area contributed by atoms with Crippen LogP contribution in [0.1, 0.15) is 44.5 Å². The van der Waals surface area contributed by atoms with Crippen LogP contribution >= 0.6 is 31.9 Å². The molecule has 0 N–H and O–H groups in total. The van der Waals surface area contributed by atoms with Crippen LogP contribution in [0.4, 0.5) is 0 Å². The van der Waals surface area contributed by atoms with Crippen molar-refractivity contribution in [3.05, 3.63) is 15.9 Å². The number of aryl methyl sites for hydroxylation is 2. The van der Waals surface area contributed by atoms with Gasteiger partial charge in [0.1, 0.15) is 0 Å². The molecule has 96 valence electrons. The van der Waals surface area contributed by atoms with E-state index in [1.165, 1.54) is 35.1 Å². The van der Waals surface area contributed by atoms with Crippen LogP contribution in [0.3, 0.4) is 0 Å². The number of hydrogen-bond acceptors (Lipinski definition) is 1. The average molecular weight is 364 g/mol. The van der Waals surface area contributed by atoms with Crippen molar-refractivity contribution in [1.29, 1.82) is 0 Å². The highest BCUT2D eigenvalue weighted by Crippen LogP contribution is 2.44. The zero-order valence-corrected chi connectivity index (χ0v) is 13.9. The van der Waals surface area contributed by atoms with E-state index >= 15 is 0 Å². The van der Waals surface area contributed by atoms with Crippen LogP contribution in [0, 0.1) is 5.41 Å². The topological polar surface area (TPSA) is 17.8 Å². The molecule has 1 fully saturated rings. The van der Waals surface area contributed by atoms with Crippen LogP contribution in [0.25, 0.3) is 0 Å². The zero-order chi connectivity index (χ0) is 12.6. The molecule has 1 aromatic heterocycles. The van der Waals surface area contributed by atoms with Crippen LogP contribution in [0.2, 0.25) is 0 Å². The van der Waals surface area contributed by atoms with Crippen molar-refractivity contribution < 1.29 is 0 Å². The minimum absolute atomic E-state index is 0.426. The van der Waals surface area contributed by atoms with Gasteiger partial charge in [0.05, 0.1) is 15.9 Å². The highest BCUT2D eigenvalue weighted by Gasteiger charge is 2.35. The molecule has 0 saturated heterocycles. The van der Waals surface area contributed by atoms with E-state index in [4.69, 9.17) is 0 Å². The molecule has 0 bridgehead atoms. The summed E-state index contributed by atoms with van der Waals surface area (Å²) >= 11 is 7.46. The van der Waals surface area contributed by atoms with Crippen molar-refractivity contribution in [3.63, 3.8) is 0 Å². The Labute approximate surface area is 120 Å². The Morgan fingerprint density at radius 1 is 1.53 bits per heavy atom. The summed E-state index contributed by atoms with van der Waals surface area (Å²) in [4.78, 5) is 0.699. The maximum atomic E-state index is 4.58. The van der Waals surface area contributed by atoms with E-state index in [1.54, 1.807) is 0 Å². The normalized spacial score (nSPS) is 28.9. The molecule has 1 saturated carbocycles. The van der Waals surface area contributed by atoms with Gasteiger partial charge in [-0.15, -0.1) is 0 Å². The van der Waals surface area contributed by atoms with Crippen LogP contribution < -0.4 is 0 Å². The summed E-state index contributed by atoms with van der Waals surface area (Å²) in [7, 11) is 2.06. The fourth-order valence-electron chi connectivity index (χ4n) is 2.82. The molecule has 17 heavy (non-hydrogen) atoms. The predicted molar refractivity (Wildman–Crippen MR) is 78.7 cm³/mol. The van der Waals surface area contributed by atoms with Gasteiger partial charge in [0.25, 0.3) is 0 Å². The molecule has 2 atom stereocenters. The molecule has 2 rings (SSSR count). The van der Waals surface area contributed by atoms with Gasteiger partial charge in [-0.3, -0.25) is 4.68 Å². The van der Waals surface area contributed by atoms with E-state index in [0.29, 0.717) is 10.2 Å². The molecule has 1 aliphatic carbocycles. The van der Waals surface area contributed by atoms with Crippen LogP contribution in [0.15, 0.2) is 4.47 Å². The second kappa shape index (κ2) is 5.04. The summed E-state index contributed by atoms with van der Waals surface area (Å²) in [5.41, 5.74) is 2.96. The number of hydrogen-bond donors (Lipinski definition) is 0. The van der Waals surface area contributed by atoms with Gasteiger partial charge in [-0.1, -0.05) is 29.8 Å². The van der Waals surface area contributed by atoms with Gasteiger partial charge in [0, 0.05) is 11.9 Å². The standard InChI is InChI=1S/C13H20Br2N2/c1-4-10-12(15)11(17(3)16-10)8-13(2)6-5-9(14)7-13/h9H,4-8H2,1-3H3. The van der Waals surface area contributed by atoms with Crippen LogP contribution in [0.5, 0.6) is 0 Å². The summed E-state index contributed by atoms with van der Waals surface area (Å²) in [5, 5.41) is 4.58. The smallest absolute Gasteiger partial charge is 0.0766 e. The molecule has 0 spiro atoms. The summed E-state index contributed by atoms with van der Waals surface area (Å²) in [5.74, 6) is 0. The third-order valence-corrected chi connectivity index (χ3v) is 5.57. The molecule has 1 aliphatic rings. The fraction of sp³-hybridized carbons (Fsp3) is 0.769. The lowest BCUT2D eigenvalue weighted by atomic mass is 9.84. The van der Waals surface area contributed by atoms with Gasteiger partial charge in [-0.2, -0.15) is 5.10 Å². The minimum atomic E-state index is 0.426. The monoisotopic (exact) mass is 362 g/mol. The maximum Gasteiger partial charge on any atom is 0.0766 e. The number of alkyl halides is 1. The summed E-state index contributed by atoms with van der Waals surface area (Å²) < 4.78 is 3.28. The van der Waals surface area contributed by atoms with Crippen molar-refractivity contribution in [2.45, 2.75) is 50.8 Å². The van der Waals surface area contributed by atoms with E-state index in [-0.39, 0.29) is 0 Å². The molecular weight excluding hydrogens is 344 g/mol. The molecule has 1 aromatic rings. The first-order valence-corrected chi connectivity index (χ1v) is 8.00. The highest BCUT2D eigenvalue weighted by molar-refractivity contribution is 9.10. The number of aromatic nitrogens is 2. The van der Waals surface area contributed by atoms with Gasteiger partial charge in [0.2, 0.25) is 0 Å². The lowest BCUT2D eigenvalue weighted by Gasteiger charge is -2.23. The van der Waals surface area contributed by atoms with E-state index in [0.717, 1.165) is 12.8 Å². The molecule has 0 aliphatic heterocycles. The second-order valence-electron chi connectivity index (χ2n) is 5.51. The summed E-state index contributed by atoms with van der Waals surface area (Å²) in [6, 6.07) is 0. The van der Waals surface area contributed by atoms with Gasteiger partial charge < -0.3 is 0 Å². The molecule has 2 unspecified atom stereocenters. The van der Waals surface area contributed by atoms with Gasteiger partial charge >= 0.3 is 0 Å². The first-order valence-electron chi connectivity index (χ1n) is 6.29. The van der Waals surface area contributed by atoms with E-state index in [2.05, 4.69) is 62.5 Å². The molecule has 4 heteroatoms. The largest absolute Gasteiger partial charge is 0.271 e. The Morgan fingerprint density at radius 3 is 2.71 bits per heavy atom. The van der Waals surface area contributed by atoms with Crippen molar-refractivity contribution in [2.75, 3.05) is 0 Å². The van der Waals surface area contributed by atoms with Crippen LogP contribution in [-0.2, 0) is 19.9 Å². The van der Waals surface area contributed by atoms with Crippen molar-refractivity contribution in [1.82, 2.24) is 9.78 Å². The quantitative estimate of drug-likeness (QED) is 0.734. The highest BCUT2D eigenvalue weighted by atomic mass is 79.9. The van der Waals surface area contributed by atoms with Gasteiger partial charge in [0.15, 0.2) is 0 Å². The zero-order valence-electron chi connectivity index (χ0n) is 10.8. The average Bonchev–Trinajstić information content (AvgIpc) is 2.73. The summed E-state index contributed by atoms with van der Waals surface area (Å²) in [6.07, 6.45) is 5.99. The third-order valence-electron chi connectivity index (χ3n) is 3.87. The Hall–Kier alpha value is 0.170. The van der Waals surface area contributed by atoms with E-state index in [1.807, 2.05) is 0 Å². The predicted octanol–water partition coefficient (Wildman–Crippen LogP) is 4.24. The lowest BCUT2D eigenvalue weighted by Crippen LogP contribution is -2.18. The Balaban J connectivity index is 2.21. The summed E-state index contributed by atoms with van der Waals surface area (Å²) in [6.45, 7) is 4.56. The molecule has 0 aromatic carbocycles. The minimum Gasteiger partial charge on any atom is -0.271 e. The first kappa shape index (κ1) is 13.6. The lowest BCUT2D eigenvalue weighted by molar-refractivity contribution is 0.326. The third kappa shape index (κ3) is 2.78. The Bertz CT molecular complexity index is 414. The number of nitrogens with zero attached hydrogens (tertiary/aromatic N) is 2. The van der Waals surface area contributed by atoms with Crippen molar-refractivity contribution >= 4 is 31.9 Å². The molecule has 0 radical (unpaired) electrons. The fourth-order valence-corrected chi connectivity index (χ4v) is 4.59. The van der Waals surface area contributed by atoms with E-state index in [9.17, 15) is 0 Å². The number of halogens is 2. The molecule has 2 nitrogen and oxygen atoms in total. The Kier molecular flexibility index (Phi) is 4.03. The van der Waals surface area contributed by atoms with Crippen molar-refractivity contribution in [3.8, 4) is 0 Å². The first-order chi connectivity index (χ1) is 7.95. The number of rotatable bonds is 3. The van der Waals surface area contributed by atoms with Gasteiger partial charge in [-0.05, 0) is 53.4 Å². The SMILES string of the molecule is CCc1nn(C)c(CC2(C)CCC(Br)C2)c1Br.